The first kappa shape index (κ1) is 19.3. The number of rotatable bonds is 2. The number of carbonyl (C=O) groups is 2. The summed E-state index contributed by atoms with van der Waals surface area (Å²) < 4.78 is 0. The second kappa shape index (κ2) is 7.43. The van der Waals surface area contributed by atoms with Crippen LogP contribution in [0.1, 0.15) is 29.5 Å². The van der Waals surface area contributed by atoms with Crippen molar-refractivity contribution in [2.24, 2.45) is 0 Å². The molecule has 0 aromatic heterocycles. The number of para-hydroxylation sites is 1. The van der Waals surface area contributed by atoms with E-state index in [1.54, 1.807) is 0 Å². The highest BCUT2D eigenvalue weighted by Crippen LogP contribution is 2.36. The molecule has 2 fully saturated rings. The third-order valence-electron chi connectivity index (χ3n) is 6.37. The van der Waals surface area contributed by atoms with Gasteiger partial charge in [-0.15, -0.1) is 0 Å². The molecule has 2 N–H and O–H groups in total. The molecule has 0 radical (unpaired) electrons. The Morgan fingerprint density at radius 3 is 2.34 bits per heavy atom. The lowest BCUT2D eigenvalue weighted by Crippen LogP contribution is -2.57. The maximum atomic E-state index is 12.9. The van der Waals surface area contributed by atoms with Crippen molar-refractivity contribution in [3.8, 4) is 0 Å². The highest BCUT2D eigenvalue weighted by molar-refractivity contribution is 5.94. The molecule has 2 aliphatic heterocycles. The van der Waals surface area contributed by atoms with Gasteiger partial charge in [-0.3, -0.25) is 4.79 Å². The fraction of sp³-hybridized carbons (Fsp3) is 0.391. The Hall–Kier alpha value is -3.02. The number of hydrogen-bond acceptors (Lipinski definition) is 3. The molecule has 3 amide bonds. The zero-order chi connectivity index (χ0) is 20.6. The van der Waals surface area contributed by atoms with Crippen LogP contribution in [0.3, 0.4) is 0 Å². The lowest BCUT2D eigenvalue weighted by atomic mass is 9.85. The van der Waals surface area contributed by atoms with Gasteiger partial charge in [0.2, 0.25) is 5.91 Å². The van der Waals surface area contributed by atoms with Crippen LogP contribution in [0.25, 0.3) is 0 Å². The molecule has 0 bridgehead atoms. The van der Waals surface area contributed by atoms with Crippen LogP contribution < -0.4 is 15.5 Å². The molecule has 6 nitrogen and oxygen atoms in total. The van der Waals surface area contributed by atoms with Crippen LogP contribution in [0.15, 0.2) is 42.5 Å². The number of aryl methyl sites for hydroxylation is 3. The van der Waals surface area contributed by atoms with Crippen molar-refractivity contribution in [1.29, 1.82) is 0 Å². The molecule has 29 heavy (non-hydrogen) atoms. The summed E-state index contributed by atoms with van der Waals surface area (Å²) in [5.41, 5.74) is 4.74. The van der Waals surface area contributed by atoms with E-state index in [0.29, 0.717) is 32.6 Å². The standard InChI is InChI=1S/C23H28N4O2/c1-16-13-18(3)20(14-17(16)2)25-22(29)26-11-9-23(10-12-26)21(28)24-15-27(23)19-7-5-4-6-8-19/h4-8,13-14H,9-12,15H2,1-3H3,(H,24,28)(H,25,29). The summed E-state index contributed by atoms with van der Waals surface area (Å²) in [7, 11) is 0. The van der Waals surface area contributed by atoms with Crippen LogP contribution in [0.4, 0.5) is 16.2 Å². The Morgan fingerprint density at radius 1 is 1.00 bits per heavy atom. The lowest BCUT2D eigenvalue weighted by Gasteiger charge is -2.43. The van der Waals surface area contributed by atoms with E-state index < -0.39 is 5.54 Å². The van der Waals surface area contributed by atoms with Gasteiger partial charge in [0.15, 0.2) is 0 Å². The number of nitrogens with zero attached hydrogens (tertiary/aromatic N) is 2. The molecular weight excluding hydrogens is 364 g/mol. The summed E-state index contributed by atoms with van der Waals surface area (Å²) >= 11 is 0. The third-order valence-corrected chi connectivity index (χ3v) is 6.37. The van der Waals surface area contributed by atoms with E-state index in [1.165, 1.54) is 5.56 Å². The molecule has 152 valence electrons. The van der Waals surface area contributed by atoms with Crippen LogP contribution in [0.5, 0.6) is 0 Å². The Labute approximate surface area is 171 Å². The Bertz CT molecular complexity index is 933. The number of benzene rings is 2. The van der Waals surface area contributed by atoms with Gasteiger partial charge in [-0.2, -0.15) is 0 Å². The summed E-state index contributed by atoms with van der Waals surface area (Å²) in [6.07, 6.45) is 1.24. The van der Waals surface area contributed by atoms with E-state index in [4.69, 9.17) is 0 Å². The molecule has 2 aliphatic rings. The first-order chi connectivity index (χ1) is 13.9. The smallest absolute Gasteiger partial charge is 0.321 e. The van der Waals surface area contributed by atoms with Gasteiger partial charge in [-0.05, 0) is 68.5 Å². The second-order valence-corrected chi connectivity index (χ2v) is 8.13. The molecule has 6 heteroatoms. The van der Waals surface area contributed by atoms with Crippen LogP contribution in [-0.4, -0.2) is 42.1 Å². The first-order valence-electron chi connectivity index (χ1n) is 10.2. The van der Waals surface area contributed by atoms with Crippen molar-refractivity contribution in [3.63, 3.8) is 0 Å². The van der Waals surface area contributed by atoms with Gasteiger partial charge in [0.25, 0.3) is 0 Å². The number of amides is 3. The van der Waals surface area contributed by atoms with E-state index in [0.717, 1.165) is 22.5 Å². The molecule has 0 atom stereocenters. The van der Waals surface area contributed by atoms with Crippen molar-refractivity contribution in [1.82, 2.24) is 10.2 Å². The van der Waals surface area contributed by atoms with Crippen LogP contribution in [0, 0.1) is 20.8 Å². The fourth-order valence-electron chi connectivity index (χ4n) is 4.40. The summed E-state index contributed by atoms with van der Waals surface area (Å²) in [6, 6.07) is 14.0. The molecule has 1 spiro atoms. The number of nitrogens with one attached hydrogen (secondary N) is 2. The summed E-state index contributed by atoms with van der Waals surface area (Å²) in [5, 5.41) is 6.05. The number of carbonyl (C=O) groups excluding carboxylic acids is 2. The van der Waals surface area contributed by atoms with Gasteiger partial charge >= 0.3 is 6.03 Å². The van der Waals surface area contributed by atoms with Crippen molar-refractivity contribution in [2.45, 2.75) is 39.2 Å². The maximum absolute atomic E-state index is 12.9. The maximum Gasteiger partial charge on any atom is 0.321 e. The Morgan fingerprint density at radius 2 is 1.66 bits per heavy atom. The van der Waals surface area contributed by atoms with E-state index in [2.05, 4.69) is 28.5 Å². The van der Waals surface area contributed by atoms with Gasteiger partial charge in [0.1, 0.15) is 5.54 Å². The van der Waals surface area contributed by atoms with E-state index >= 15 is 0 Å². The predicted molar refractivity (Wildman–Crippen MR) is 115 cm³/mol. The van der Waals surface area contributed by atoms with Crippen molar-refractivity contribution >= 4 is 23.3 Å². The SMILES string of the molecule is Cc1cc(C)c(NC(=O)N2CCC3(CC2)C(=O)NCN3c2ccccc2)cc1C. The molecule has 0 saturated carbocycles. The largest absolute Gasteiger partial charge is 0.339 e. The highest BCUT2D eigenvalue weighted by Gasteiger charge is 2.50. The van der Waals surface area contributed by atoms with Gasteiger partial charge in [-0.25, -0.2) is 4.79 Å². The normalized spacial score (nSPS) is 18.1. The molecule has 0 aliphatic carbocycles. The minimum Gasteiger partial charge on any atom is -0.339 e. The minimum atomic E-state index is -0.575. The molecular formula is C23H28N4O2. The molecule has 0 unspecified atom stereocenters. The zero-order valence-corrected chi connectivity index (χ0v) is 17.3. The average Bonchev–Trinajstić information content (AvgIpc) is 3.03. The molecule has 4 rings (SSSR count). The van der Waals surface area contributed by atoms with E-state index in [9.17, 15) is 9.59 Å². The number of piperidine rings is 1. The first-order valence-corrected chi connectivity index (χ1v) is 10.2. The fourth-order valence-corrected chi connectivity index (χ4v) is 4.40. The quantitative estimate of drug-likeness (QED) is 0.821. The second-order valence-electron chi connectivity index (χ2n) is 8.13. The highest BCUT2D eigenvalue weighted by atomic mass is 16.2. The Kier molecular flexibility index (Phi) is 4.94. The minimum absolute atomic E-state index is 0.0615. The number of urea groups is 1. The van der Waals surface area contributed by atoms with Crippen LogP contribution in [0.2, 0.25) is 0 Å². The topological polar surface area (TPSA) is 64.7 Å². The van der Waals surface area contributed by atoms with Gasteiger partial charge in [0, 0.05) is 24.5 Å². The van der Waals surface area contributed by atoms with Crippen LogP contribution in [-0.2, 0) is 4.79 Å². The average molecular weight is 393 g/mol. The zero-order valence-electron chi connectivity index (χ0n) is 17.3. The van der Waals surface area contributed by atoms with Crippen molar-refractivity contribution in [3.05, 3.63) is 59.2 Å². The van der Waals surface area contributed by atoms with Crippen molar-refractivity contribution < 1.29 is 9.59 Å². The number of anilines is 2. The Balaban J connectivity index is 1.46. The van der Waals surface area contributed by atoms with Gasteiger partial charge in [-0.1, -0.05) is 24.3 Å². The summed E-state index contributed by atoms with van der Waals surface area (Å²) in [6.45, 7) is 7.73. The summed E-state index contributed by atoms with van der Waals surface area (Å²) in [5.74, 6) is 0.0615. The van der Waals surface area contributed by atoms with Crippen molar-refractivity contribution in [2.75, 3.05) is 30.0 Å². The molecule has 2 heterocycles. The lowest BCUT2D eigenvalue weighted by molar-refractivity contribution is -0.124. The van der Waals surface area contributed by atoms with Gasteiger partial charge < -0.3 is 20.4 Å². The predicted octanol–water partition coefficient (Wildman–Crippen LogP) is 3.57. The molecule has 2 aromatic carbocycles. The number of hydrogen-bond donors (Lipinski definition) is 2. The monoisotopic (exact) mass is 392 g/mol. The molecule has 2 aromatic rings. The van der Waals surface area contributed by atoms with Gasteiger partial charge in [0.05, 0.1) is 6.67 Å². The van der Waals surface area contributed by atoms with E-state index in [-0.39, 0.29) is 11.9 Å². The number of likely N-dealkylation sites (tertiary alicyclic amines) is 1. The molecule has 2 saturated heterocycles. The third kappa shape index (κ3) is 3.43. The summed E-state index contributed by atoms with van der Waals surface area (Å²) in [4.78, 5) is 29.6. The van der Waals surface area contributed by atoms with Crippen LogP contribution >= 0.6 is 0 Å². The van der Waals surface area contributed by atoms with E-state index in [1.807, 2.05) is 55.1 Å².